The van der Waals surface area contributed by atoms with E-state index in [-0.39, 0.29) is 23.5 Å². The van der Waals surface area contributed by atoms with Crippen LogP contribution in [0.5, 0.6) is 0 Å². The zero-order valence-corrected chi connectivity index (χ0v) is 13.9. The molecule has 2 aromatic heterocycles. The third kappa shape index (κ3) is 2.87. The topological polar surface area (TPSA) is 50.5 Å². The zero-order chi connectivity index (χ0) is 17.8. The highest BCUT2D eigenvalue weighted by Crippen LogP contribution is 2.39. The molecule has 2 aliphatic rings. The summed E-state index contributed by atoms with van der Waals surface area (Å²) in [6, 6.07) is 2.39. The number of amides is 1. The molecule has 2 fully saturated rings. The monoisotopic (exact) mass is 352 g/mol. The Morgan fingerprint density at radius 1 is 1.28 bits per heavy atom. The Kier molecular flexibility index (Phi) is 3.73. The molecule has 0 aromatic carbocycles. The summed E-state index contributed by atoms with van der Waals surface area (Å²) in [7, 11) is 0. The third-order valence-electron chi connectivity index (χ3n) is 4.96. The van der Waals surface area contributed by atoms with Gasteiger partial charge in [0.2, 0.25) is 5.91 Å². The van der Waals surface area contributed by atoms with Crippen molar-refractivity contribution in [3.63, 3.8) is 0 Å². The number of aryl methyl sites for hydroxylation is 1. The molecule has 1 aliphatic heterocycles. The van der Waals surface area contributed by atoms with Gasteiger partial charge in [0.1, 0.15) is 5.69 Å². The van der Waals surface area contributed by atoms with Gasteiger partial charge in [-0.15, -0.1) is 0 Å². The Hall–Kier alpha value is -2.12. The fourth-order valence-electron chi connectivity index (χ4n) is 3.49. The number of carbonyl (C=O) groups excluding carboxylic acids is 1. The normalized spacial score (nSPS) is 21.3. The predicted octanol–water partition coefficient (Wildman–Crippen LogP) is 3.38. The van der Waals surface area contributed by atoms with E-state index in [0.717, 1.165) is 36.3 Å². The minimum absolute atomic E-state index is 0.0909. The minimum Gasteiger partial charge on any atom is -0.334 e. The van der Waals surface area contributed by atoms with E-state index in [1.165, 1.54) is 0 Å². The molecule has 4 rings (SSSR count). The number of alkyl halides is 3. The molecule has 1 atom stereocenters. The van der Waals surface area contributed by atoms with Crippen LogP contribution in [0, 0.1) is 5.92 Å². The van der Waals surface area contributed by atoms with Crippen LogP contribution in [-0.2, 0) is 17.4 Å². The number of fused-ring (bicyclic) bond motifs is 1. The van der Waals surface area contributed by atoms with E-state index in [1.807, 2.05) is 0 Å². The van der Waals surface area contributed by atoms with Crippen LogP contribution in [0.4, 0.5) is 13.2 Å². The maximum atomic E-state index is 13.4. The molecule has 1 aliphatic carbocycles. The van der Waals surface area contributed by atoms with Gasteiger partial charge in [-0.25, -0.2) is 9.50 Å². The minimum atomic E-state index is -4.51. The molecule has 0 bridgehead atoms. The van der Waals surface area contributed by atoms with E-state index < -0.39 is 11.9 Å². The van der Waals surface area contributed by atoms with Crippen molar-refractivity contribution in [2.45, 2.75) is 51.2 Å². The van der Waals surface area contributed by atoms with Gasteiger partial charge in [0.25, 0.3) is 0 Å². The second kappa shape index (κ2) is 5.71. The quantitative estimate of drug-likeness (QED) is 0.851. The predicted molar refractivity (Wildman–Crippen MR) is 83.8 cm³/mol. The van der Waals surface area contributed by atoms with E-state index >= 15 is 0 Å². The number of hydrogen-bond donors (Lipinski definition) is 0. The molecule has 1 saturated carbocycles. The highest BCUT2D eigenvalue weighted by molar-refractivity contribution is 5.81. The van der Waals surface area contributed by atoms with E-state index in [2.05, 4.69) is 10.1 Å². The summed E-state index contributed by atoms with van der Waals surface area (Å²) in [6.07, 6.45) is -0.704. The van der Waals surface area contributed by atoms with Gasteiger partial charge < -0.3 is 4.90 Å². The van der Waals surface area contributed by atoms with Crippen LogP contribution in [0.2, 0.25) is 0 Å². The van der Waals surface area contributed by atoms with Crippen molar-refractivity contribution in [2.75, 3.05) is 6.54 Å². The highest BCUT2D eigenvalue weighted by Gasteiger charge is 2.40. The number of aromatic nitrogens is 3. The molecule has 3 heterocycles. The van der Waals surface area contributed by atoms with E-state index in [9.17, 15) is 18.0 Å². The number of likely N-dealkylation sites (tertiary alicyclic amines) is 1. The molecule has 1 amide bonds. The largest absolute Gasteiger partial charge is 0.433 e. The lowest BCUT2D eigenvalue weighted by Crippen LogP contribution is -2.31. The first kappa shape index (κ1) is 16.4. The van der Waals surface area contributed by atoms with E-state index in [1.54, 1.807) is 17.9 Å². The fourth-order valence-corrected chi connectivity index (χ4v) is 3.49. The number of rotatable bonds is 3. The first-order valence-corrected chi connectivity index (χ1v) is 8.65. The second-order valence-electron chi connectivity index (χ2n) is 6.79. The van der Waals surface area contributed by atoms with Gasteiger partial charge in [-0.05, 0) is 38.2 Å². The van der Waals surface area contributed by atoms with Crippen LogP contribution in [0.15, 0.2) is 12.1 Å². The van der Waals surface area contributed by atoms with Gasteiger partial charge in [0.15, 0.2) is 5.65 Å². The number of hydrogen-bond acceptors (Lipinski definition) is 3. The molecule has 5 nitrogen and oxygen atoms in total. The van der Waals surface area contributed by atoms with Crippen molar-refractivity contribution in [3.8, 4) is 0 Å². The SMILES string of the molecule is CCc1cc(C(F)(F)F)n2nc(C3CCCN3C(=O)C3CC3)cc2n1. The summed E-state index contributed by atoms with van der Waals surface area (Å²) in [5.41, 5.74) is 0.243. The van der Waals surface area contributed by atoms with Crippen molar-refractivity contribution in [1.82, 2.24) is 19.5 Å². The third-order valence-corrected chi connectivity index (χ3v) is 4.96. The molecular weight excluding hydrogens is 333 g/mol. The van der Waals surface area contributed by atoms with Crippen molar-refractivity contribution in [2.24, 2.45) is 5.92 Å². The van der Waals surface area contributed by atoms with Gasteiger partial charge in [-0.3, -0.25) is 4.79 Å². The Morgan fingerprint density at radius 3 is 2.68 bits per heavy atom. The molecule has 1 saturated heterocycles. The van der Waals surface area contributed by atoms with Crippen molar-refractivity contribution in [3.05, 3.63) is 29.2 Å². The summed E-state index contributed by atoms with van der Waals surface area (Å²) >= 11 is 0. The van der Waals surface area contributed by atoms with Gasteiger partial charge in [-0.1, -0.05) is 6.92 Å². The number of carbonyl (C=O) groups is 1. The molecular formula is C17H19F3N4O. The van der Waals surface area contributed by atoms with Crippen LogP contribution < -0.4 is 0 Å². The van der Waals surface area contributed by atoms with Crippen LogP contribution in [-0.4, -0.2) is 31.9 Å². The van der Waals surface area contributed by atoms with Crippen molar-refractivity contribution < 1.29 is 18.0 Å². The molecule has 1 unspecified atom stereocenters. The van der Waals surface area contributed by atoms with Gasteiger partial charge >= 0.3 is 6.18 Å². The van der Waals surface area contributed by atoms with Crippen molar-refractivity contribution in [1.29, 1.82) is 0 Å². The summed E-state index contributed by atoms with van der Waals surface area (Å²) in [4.78, 5) is 18.5. The molecule has 134 valence electrons. The van der Waals surface area contributed by atoms with Crippen LogP contribution >= 0.6 is 0 Å². The highest BCUT2D eigenvalue weighted by atomic mass is 19.4. The summed E-state index contributed by atoms with van der Waals surface area (Å²) < 4.78 is 41.0. The van der Waals surface area contributed by atoms with Crippen LogP contribution in [0.3, 0.4) is 0 Å². The lowest BCUT2D eigenvalue weighted by molar-refractivity contribution is -0.142. The summed E-state index contributed by atoms with van der Waals surface area (Å²) in [5.74, 6) is 0.200. The molecule has 25 heavy (non-hydrogen) atoms. The first-order chi connectivity index (χ1) is 11.9. The maximum absolute atomic E-state index is 13.4. The molecule has 0 radical (unpaired) electrons. The Morgan fingerprint density at radius 2 is 2.04 bits per heavy atom. The zero-order valence-electron chi connectivity index (χ0n) is 13.9. The molecule has 0 spiro atoms. The second-order valence-corrected chi connectivity index (χ2v) is 6.79. The summed E-state index contributed by atoms with van der Waals surface area (Å²) in [5, 5.41) is 4.19. The van der Waals surface area contributed by atoms with Gasteiger partial charge in [0, 0.05) is 24.2 Å². The van der Waals surface area contributed by atoms with Crippen LogP contribution in [0.25, 0.3) is 5.65 Å². The Labute approximate surface area is 142 Å². The van der Waals surface area contributed by atoms with Crippen LogP contribution in [0.1, 0.15) is 55.7 Å². The lowest BCUT2D eigenvalue weighted by atomic mass is 10.1. The van der Waals surface area contributed by atoms with Crippen molar-refractivity contribution >= 4 is 11.6 Å². The average molecular weight is 352 g/mol. The Balaban J connectivity index is 1.76. The number of nitrogens with zero attached hydrogens (tertiary/aromatic N) is 4. The fraction of sp³-hybridized carbons (Fsp3) is 0.588. The molecule has 8 heteroatoms. The van der Waals surface area contributed by atoms with E-state index in [0.29, 0.717) is 24.4 Å². The van der Waals surface area contributed by atoms with Gasteiger partial charge in [0.05, 0.1) is 11.7 Å². The Bertz CT molecular complexity index is 825. The smallest absolute Gasteiger partial charge is 0.334 e. The first-order valence-electron chi connectivity index (χ1n) is 8.65. The van der Waals surface area contributed by atoms with E-state index in [4.69, 9.17) is 0 Å². The molecule has 2 aromatic rings. The lowest BCUT2D eigenvalue weighted by Gasteiger charge is -2.23. The maximum Gasteiger partial charge on any atom is 0.433 e. The van der Waals surface area contributed by atoms with Gasteiger partial charge in [-0.2, -0.15) is 18.3 Å². The standard InChI is InChI=1S/C17H19F3N4O/c1-2-11-8-14(17(18,19)20)24-15(21-11)9-12(22-24)13-4-3-7-23(13)16(25)10-5-6-10/h8-10,13H,2-7H2,1H3. The number of halogens is 3. The summed E-state index contributed by atoms with van der Waals surface area (Å²) in [6.45, 7) is 2.41. The average Bonchev–Trinajstić information content (AvgIpc) is 3.15. The molecule has 0 N–H and O–H groups in total.